The van der Waals surface area contributed by atoms with Gasteiger partial charge in [0.05, 0.1) is 22.3 Å². The second kappa shape index (κ2) is 9.37. The Morgan fingerprint density at radius 2 is 1.97 bits per heavy atom. The van der Waals surface area contributed by atoms with Crippen molar-refractivity contribution in [2.75, 3.05) is 11.1 Å². The number of hydrogen-bond donors (Lipinski definition) is 1. The van der Waals surface area contributed by atoms with Gasteiger partial charge < -0.3 is 10.1 Å². The maximum Gasteiger partial charge on any atom is 0.350 e. The summed E-state index contributed by atoms with van der Waals surface area (Å²) in [4.78, 5) is 33.6. The lowest BCUT2D eigenvalue weighted by Crippen LogP contribution is -2.12. The van der Waals surface area contributed by atoms with Gasteiger partial charge >= 0.3 is 5.97 Å². The van der Waals surface area contributed by atoms with Crippen molar-refractivity contribution >= 4 is 51.0 Å². The van der Waals surface area contributed by atoms with Gasteiger partial charge in [0.1, 0.15) is 4.88 Å². The molecule has 3 rings (SSSR count). The van der Waals surface area contributed by atoms with Crippen LogP contribution in [0.2, 0.25) is 0 Å². The molecule has 1 N–H and O–H groups in total. The first-order chi connectivity index (χ1) is 13.8. The van der Waals surface area contributed by atoms with Crippen LogP contribution in [0.4, 0.5) is 5.13 Å². The molecule has 8 heteroatoms. The zero-order valence-electron chi connectivity index (χ0n) is 16.8. The Morgan fingerprint density at radius 1 is 1.21 bits per heavy atom. The molecule has 0 unspecified atom stereocenters. The number of thioether (sulfide) groups is 1. The molecule has 0 radical (unpaired) electrons. The lowest BCUT2D eigenvalue weighted by Gasteiger charge is -2.06. The van der Waals surface area contributed by atoms with E-state index < -0.39 is 5.97 Å². The summed E-state index contributed by atoms with van der Waals surface area (Å²) in [7, 11) is 0. The number of pyridine rings is 1. The highest BCUT2D eigenvalue weighted by Crippen LogP contribution is 2.26. The van der Waals surface area contributed by atoms with E-state index in [0.29, 0.717) is 27.9 Å². The van der Waals surface area contributed by atoms with Crippen LogP contribution in [0.15, 0.2) is 35.4 Å². The first-order valence-electron chi connectivity index (χ1n) is 9.31. The van der Waals surface area contributed by atoms with E-state index in [1.54, 1.807) is 32.5 Å². The molecule has 0 fully saturated rings. The van der Waals surface area contributed by atoms with Crippen molar-refractivity contribution in [2.24, 2.45) is 0 Å². The third-order valence-electron chi connectivity index (χ3n) is 4.05. The summed E-state index contributed by atoms with van der Waals surface area (Å²) in [6.45, 7) is 7.38. The number of hydrogen-bond acceptors (Lipinski definition) is 7. The topological polar surface area (TPSA) is 81.2 Å². The maximum atomic E-state index is 12.3. The summed E-state index contributed by atoms with van der Waals surface area (Å²) < 4.78 is 5.20. The predicted molar refractivity (Wildman–Crippen MR) is 118 cm³/mol. The van der Waals surface area contributed by atoms with Crippen LogP contribution >= 0.6 is 23.1 Å². The lowest BCUT2D eigenvalue weighted by atomic mass is 10.1. The van der Waals surface area contributed by atoms with Gasteiger partial charge in [-0.15, -0.1) is 11.8 Å². The SMILES string of the molecule is Cc1nc(NC(=O)CCSc2cc(C)c3ccccc3n2)sc1C(=O)OC(C)C. The van der Waals surface area contributed by atoms with Crippen LogP contribution in [-0.2, 0) is 9.53 Å². The first-order valence-corrected chi connectivity index (χ1v) is 11.1. The van der Waals surface area contributed by atoms with Crippen LogP contribution in [0, 0.1) is 13.8 Å². The minimum atomic E-state index is -0.413. The number of aryl methyl sites for hydroxylation is 2. The van der Waals surface area contributed by atoms with Gasteiger partial charge in [0.15, 0.2) is 5.13 Å². The van der Waals surface area contributed by atoms with E-state index in [1.165, 1.54) is 5.56 Å². The van der Waals surface area contributed by atoms with Gasteiger partial charge in [0.25, 0.3) is 0 Å². The molecule has 6 nitrogen and oxygen atoms in total. The van der Waals surface area contributed by atoms with Crippen LogP contribution in [0.5, 0.6) is 0 Å². The Bertz CT molecular complexity index is 1050. The predicted octanol–water partition coefficient (Wildman–Crippen LogP) is 4.99. The van der Waals surface area contributed by atoms with Crippen molar-refractivity contribution in [3.63, 3.8) is 0 Å². The van der Waals surface area contributed by atoms with E-state index >= 15 is 0 Å². The molecule has 0 aliphatic carbocycles. The highest BCUT2D eigenvalue weighted by atomic mass is 32.2. The number of amides is 1. The van der Waals surface area contributed by atoms with Crippen molar-refractivity contribution in [3.05, 3.63) is 46.5 Å². The number of aromatic nitrogens is 2. The number of ether oxygens (including phenoxy) is 1. The highest BCUT2D eigenvalue weighted by molar-refractivity contribution is 7.99. The number of benzene rings is 1. The van der Waals surface area contributed by atoms with E-state index in [9.17, 15) is 9.59 Å². The number of carbonyl (C=O) groups excluding carboxylic acids is 2. The minimum Gasteiger partial charge on any atom is -0.459 e. The number of fused-ring (bicyclic) bond motifs is 1. The molecule has 1 aromatic carbocycles. The molecular weight excluding hydrogens is 406 g/mol. The number of nitrogens with one attached hydrogen (secondary N) is 1. The molecule has 3 aromatic rings. The molecule has 0 saturated carbocycles. The summed E-state index contributed by atoms with van der Waals surface area (Å²) in [5.41, 5.74) is 2.68. The minimum absolute atomic E-state index is 0.146. The Hall–Kier alpha value is -2.45. The van der Waals surface area contributed by atoms with Crippen LogP contribution in [0.1, 0.15) is 41.2 Å². The number of para-hydroxylation sites is 1. The van der Waals surface area contributed by atoms with Crippen LogP contribution in [0.25, 0.3) is 10.9 Å². The zero-order valence-corrected chi connectivity index (χ0v) is 18.4. The number of thiazole rings is 1. The molecule has 0 spiro atoms. The quantitative estimate of drug-likeness (QED) is 0.421. The average Bonchev–Trinajstić information content (AvgIpc) is 3.01. The Morgan fingerprint density at radius 3 is 2.72 bits per heavy atom. The van der Waals surface area contributed by atoms with Crippen molar-refractivity contribution in [1.29, 1.82) is 0 Å². The molecule has 152 valence electrons. The van der Waals surface area contributed by atoms with Crippen molar-refractivity contribution in [3.8, 4) is 0 Å². The second-order valence-electron chi connectivity index (χ2n) is 6.83. The van der Waals surface area contributed by atoms with E-state index in [4.69, 9.17) is 4.74 Å². The summed E-state index contributed by atoms with van der Waals surface area (Å²) in [5.74, 6) is 0.0415. The smallest absolute Gasteiger partial charge is 0.350 e. The summed E-state index contributed by atoms with van der Waals surface area (Å²) >= 11 is 2.68. The number of anilines is 1. The van der Waals surface area contributed by atoms with E-state index in [0.717, 1.165) is 27.3 Å². The molecule has 0 saturated heterocycles. The Labute approximate surface area is 178 Å². The van der Waals surface area contributed by atoms with Gasteiger partial charge in [-0.3, -0.25) is 4.79 Å². The molecule has 0 bridgehead atoms. The largest absolute Gasteiger partial charge is 0.459 e. The molecule has 2 heterocycles. The van der Waals surface area contributed by atoms with Crippen LogP contribution < -0.4 is 5.32 Å². The van der Waals surface area contributed by atoms with Gasteiger partial charge in [-0.2, -0.15) is 0 Å². The van der Waals surface area contributed by atoms with Crippen molar-refractivity contribution in [2.45, 2.75) is 45.2 Å². The van der Waals surface area contributed by atoms with Gasteiger partial charge in [-0.1, -0.05) is 29.5 Å². The van der Waals surface area contributed by atoms with E-state index in [2.05, 4.69) is 28.3 Å². The number of rotatable bonds is 7. The molecular formula is C21H23N3O3S2. The Balaban J connectivity index is 1.55. The molecule has 1 amide bonds. The lowest BCUT2D eigenvalue weighted by molar-refractivity contribution is -0.115. The molecule has 2 aromatic heterocycles. The standard InChI is InChI=1S/C21H23N3O3S2/c1-12(2)27-20(26)19-14(4)22-21(29-19)24-17(25)9-10-28-18-11-13(3)15-7-5-6-8-16(15)23-18/h5-8,11-12H,9-10H2,1-4H3,(H,22,24,25). The van der Waals surface area contributed by atoms with Gasteiger partial charge in [0.2, 0.25) is 5.91 Å². The molecule has 0 aliphatic rings. The van der Waals surface area contributed by atoms with Crippen molar-refractivity contribution < 1.29 is 14.3 Å². The molecule has 0 atom stereocenters. The number of esters is 1. The second-order valence-corrected chi connectivity index (χ2v) is 8.94. The Kier molecular flexibility index (Phi) is 6.87. The monoisotopic (exact) mass is 429 g/mol. The summed E-state index contributed by atoms with van der Waals surface area (Å²) in [6.07, 6.45) is 0.120. The average molecular weight is 430 g/mol. The van der Waals surface area contributed by atoms with Crippen LogP contribution in [-0.4, -0.2) is 33.7 Å². The fraction of sp³-hybridized carbons (Fsp3) is 0.333. The normalized spacial score (nSPS) is 11.1. The van der Waals surface area contributed by atoms with E-state index in [1.807, 2.05) is 24.3 Å². The van der Waals surface area contributed by atoms with E-state index in [-0.39, 0.29) is 12.0 Å². The highest BCUT2D eigenvalue weighted by Gasteiger charge is 2.18. The fourth-order valence-electron chi connectivity index (χ4n) is 2.73. The fourth-order valence-corrected chi connectivity index (χ4v) is 4.51. The zero-order chi connectivity index (χ0) is 21.0. The molecule has 0 aliphatic heterocycles. The van der Waals surface area contributed by atoms with Gasteiger partial charge in [0, 0.05) is 17.6 Å². The van der Waals surface area contributed by atoms with Gasteiger partial charge in [-0.05, 0) is 45.4 Å². The third kappa shape index (κ3) is 5.55. The van der Waals surface area contributed by atoms with Gasteiger partial charge in [-0.25, -0.2) is 14.8 Å². The maximum absolute atomic E-state index is 12.3. The summed E-state index contributed by atoms with van der Waals surface area (Å²) in [5, 5.41) is 5.22. The number of nitrogens with zero attached hydrogens (tertiary/aromatic N) is 2. The van der Waals surface area contributed by atoms with Crippen LogP contribution in [0.3, 0.4) is 0 Å². The first kappa shape index (κ1) is 21.3. The number of carbonyl (C=O) groups is 2. The van der Waals surface area contributed by atoms with Crippen molar-refractivity contribution in [1.82, 2.24) is 9.97 Å². The molecule has 29 heavy (non-hydrogen) atoms. The summed E-state index contributed by atoms with van der Waals surface area (Å²) in [6, 6.07) is 10.1. The third-order valence-corrected chi connectivity index (χ3v) is 6.02.